The van der Waals surface area contributed by atoms with Crippen molar-refractivity contribution in [2.24, 2.45) is 5.73 Å². The van der Waals surface area contributed by atoms with Gasteiger partial charge in [-0.2, -0.15) is 0 Å². The Bertz CT molecular complexity index is 915. The Morgan fingerprint density at radius 2 is 2.10 bits per heavy atom. The summed E-state index contributed by atoms with van der Waals surface area (Å²) in [5.74, 6) is -1.42. The van der Waals surface area contributed by atoms with Gasteiger partial charge in [0, 0.05) is 31.0 Å². The maximum absolute atomic E-state index is 13.0. The fraction of sp³-hybridized carbons (Fsp3) is 0.500. The number of carboxylic acids is 1. The van der Waals surface area contributed by atoms with Gasteiger partial charge in [-0.15, -0.1) is 11.8 Å². The average molecular weight is 449 g/mol. The monoisotopic (exact) mass is 448 g/mol. The van der Waals surface area contributed by atoms with Gasteiger partial charge in [0.15, 0.2) is 0 Å². The molecule has 3 atom stereocenters. The molecule has 4 rings (SSSR count). The van der Waals surface area contributed by atoms with Gasteiger partial charge in [0.2, 0.25) is 11.8 Å². The van der Waals surface area contributed by atoms with Crippen molar-refractivity contribution in [3.63, 3.8) is 0 Å². The van der Waals surface area contributed by atoms with Crippen molar-refractivity contribution in [1.82, 2.24) is 14.7 Å². The van der Waals surface area contributed by atoms with Gasteiger partial charge in [0.05, 0.1) is 6.04 Å². The van der Waals surface area contributed by atoms with E-state index in [9.17, 15) is 24.3 Å². The second-order valence-corrected chi connectivity index (χ2v) is 8.89. The van der Waals surface area contributed by atoms with Crippen molar-refractivity contribution in [1.29, 1.82) is 0 Å². The quantitative estimate of drug-likeness (QED) is 0.344. The number of nitrogens with two attached hydrogens (primary N) is 1. The summed E-state index contributed by atoms with van der Waals surface area (Å²) in [4.78, 5) is 53.5. The van der Waals surface area contributed by atoms with Crippen LogP contribution < -0.4 is 5.73 Å². The zero-order valence-electron chi connectivity index (χ0n) is 16.9. The lowest BCUT2D eigenvalue weighted by molar-refractivity contribution is -0.147. The number of β-lactam (4-membered cyclic amide) rings is 1. The predicted octanol–water partition coefficient (Wildman–Crippen LogP) is 0.123. The van der Waals surface area contributed by atoms with Gasteiger partial charge in [-0.05, 0) is 24.5 Å². The van der Waals surface area contributed by atoms with E-state index in [1.165, 1.54) is 22.7 Å². The van der Waals surface area contributed by atoms with Gasteiger partial charge in [-0.3, -0.25) is 14.5 Å². The first kappa shape index (κ1) is 21.4. The van der Waals surface area contributed by atoms with Crippen molar-refractivity contribution in [3.05, 3.63) is 35.6 Å². The molecule has 0 aromatic heterocycles. The van der Waals surface area contributed by atoms with Gasteiger partial charge >= 0.3 is 12.1 Å². The maximum Gasteiger partial charge on any atom is 0.410 e. The molecular formula is C20H24N4O6S. The van der Waals surface area contributed by atoms with Crippen LogP contribution in [-0.2, 0) is 19.1 Å². The number of allylic oxidation sites excluding steroid dienone is 1. The molecule has 3 N–H and O–H groups in total. The molecule has 31 heavy (non-hydrogen) atoms. The van der Waals surface area contributed by atoms with Crippen LogP contribution in [0.5, 0.6) is 0 Å². The Kier molecular flexibility index (Phi) is 5.80. The lowest BCUT2D eigenvalue weighted by Crippen LogP contribution is -2.68. The molecule has 3 saturated heterocycles. The summed E-state index contributed by atoms with van der Waals surface area (Å²) in [6.45, 7) is 5.06. The molecule has 166 valence electrons. The molecule has 11 heteroatoms. The summed E-state index contributed by atoms with van der Waals surface area (Å²) in [5.41, 5.74) is 6.64. The Balaban J connectivity index is 1.48. The molecule has 4 aliphatic heterocycles. The summed E-state index contributed by atoms with van der Waals surface area (Å²) in [7, 11) is 0. The fourth-order valence-corrected chi connectivity index (χ4v) is 5.61. The number of thioether (sulfide) groups is 1. The Labute approximate surface area is 183 Å². The highest BCUT2D eigenvalue weighted by atomic mass is 32.2. The first-order chi connectivity index (χ1) is 14.8. The van der Waals surface area contributed by atoms with Crippen molar-refractivity contribution < 1.29 is 29.0 Å². The zero-order valence-corrected chi connectivity index (χ0v) is 17.7. The SMILES string of the molecule is C=CCOC(=O)N1CC[C@@H](N2CC/C(=C\C3=C(C(=O)O)N4C(=O)[C@@H](N)[C@H]4SC3)C2=O)C1. The number of carbonyl (C=O) groups is 4. The summed E-state index contributed by atoms with van der Waals surface area (Å²) < 4.78 is 5.06. The Morgan fingerprint density at radius 1 is 1.32 bits per heavy atom. The van der Waals surface area contributed by atoms with E-state index in [2.05, 4.69) is 6.58 Å². The second-order valence-electron chi connectivity index (χ2n) is 7.79. The van der Waals surface area contributed by atoms with E-state index in [1.807, 2.05) is 0 Å². The molecule has 0 radical (unpaired) electrons. The van der Waals surface area contributed by atoms with E-state index >= 15 is 0 Å². The van der Waals surface area contributed by atoms with E-state index in [4.69, 9.17) is 10.5 Å². The molecule has 0 unspecified atom stereocenters. The number of rotatable bonds is 5. The Morgan fingerprint density at radius 3 is 2.81 bits per heavy atom. The van der Waals surface area contributed by atoms with Crippen LogP contribution in [0.3, 0.4) is 0 Å². The van der Waals surface area contributed by atoms with Crippen LogP contribution in [0.15, 0.2) is 35.6 Å². The van der Waals surface area contributed by atoms with Crippen LogP contribution >= 0.6 is 11.8 Å². The number of carbonyl (C=O) groups excluding carboxylic acids is 3. The highest BCUT2D eigenvalue weighted by Crippen LogP contribution is 2.40. The fourth-order valence-electron chi connectivity index (χ4n) is 4.36. The first-order valence-electron chi connectivity index (χ1n) is 10.0. The van der Waals surface area contributed by atoms with Gasteiger partial charge in [0.1, 0.15) is 23.7 Å². The molecule has 0 aromatic rings. The van der Waals surface area contributed by atoms with Crippen LogP contribution in [-0.4, -0.2) is 93.1 Å². The molecule has 0 aliphatic carbocycles. The normalized spacial score (nSPS) is 29.4. The van der Waals surface area contributed by atoms with E-state index in [0.717, 1.165) is 0 Å². The molecular weight excluding hydrogens is 424 g/mol. The maximum atomic E-state index is 13.0. The number of amides is 3. The average Bonchev–Trinajstić information content (AvgIpc) is 3.38. The van der Waals surface area contributed by atoms with Crippen LogP contribution in [0.1, 0.15) is 12.8 Å². The van der Waals surface area contributed by atoms with Crippen molar-refractivity contribution in [2.45, 2.75) is 30.3 Å². The van der Waals surface area contributed by atoms with E-state index in [1.54, 1.807) is 15.9 Å². The van der Waals surface area contributed by atoms with Crippen LogP contribution in [0.25, 0.3) is 0 Å². The third kappa shape index (κ3) is 3.72. The summed E-state index contributed by atoms with van der Waals surface area (Å²) in [5, 5.41) is 9.29. The molecule has 3 amide bonds. The van der Waals surface area contributed by atoms with Gasteiger partial charge in [-0.1, -0.05) is 12.7 Å². The molecule has 10 nitrogen and oxygen atoms in total. The van der Waals surface area contributed by atoms with Crippen molar-refractivity contribution in [3.8, 4) is 0 Å². The number of aliphatic carboxylic acids is 1. The standard InChI is InChI=1S/C20H24N4O6S/c1-2-7-30-20(29)22-5-4-13(9-22)23-6-3-11(16(23)25)8-12-10-31-18-14(21)17(26)24(18)15(12)19(27)28/h2,8,13-14,18H,1,3-7,9-10,21H2,(H,27,28)/b11-8+/t13-,14-,18-/m1/s1. The van der Waals surface area contributed by atoms with Crippen LogP contribution in [0.2, 0.25) is 0 Å². The molecule has 0 spiro atoms. The van der Waals surface area contributed by atoms with Crippen LogP contribution in [0.4, 0.5) is 4.79 Å². The van der Waals surface area contributed by atoms with E-state index in [-0.39, 0.29) is 29.6 Å². The van der Waals surface area contributed by atoms with Crippen LogP contribution in [0, 0.1) is 0 Å². The van der Waals surface area contributed by atoms with Gasteiger partial charge in [0.25, 0.3) is 0 Å². The largest absolute Gasteiger partial charge is 0.477 e. The molecule has 0 bridgehead atoms. The molecule has 4 aliphatic rings. The smallest absolute Gasteiger partial charge is 0.410 e. The summed E-state index contributed by atoms with van der Waals surface area (Å²) >= 11 is 1.40. The summed E-state index contributed by atoms with van der Waals surface area (Å²) in [6.07, 6.45) is 3.82. The highest BCUT2D eigenvalue weighted by molar-refractivity contribution is 8.00. The molecule has 3 fully saturated rings. The lowest BCUT2D eigenvalue weighted by Gasteiger charge is -2.47. The second kappa shape index (κ2) is 8.39. The minimum atomic E-state index is -1.20. The van der Waals surface area contributed by atoms with Gasteiger partial charge in [-0.25, -0.2) is 9.59 Å². The third-order valence-corrected chi connectivity index (χ3v) is 7.26. The number of ether oxygens (including phenoxy) is 1. The lowest BCUT2D eigenvalue weighted by atomic mass is 10.0. The predicted molar refractivity (Wildman–Crippen MR) is 112 cm³/mol. The number of likely N-dealkylation sites (tertiary alicyclic amines) is 2. The summed E-state index contributed by atoms with van der Waals surface area (Å²) in [6, 6.07) is -0.802. The van der Waals surface area contributed by atoms with Crippen molar-refractivity contribution >= 4 is 35.6 Å². The minimum Gasteiger partial charge on any atom is -0.477 e. The molecule has 0 saturated carbocycles. The number of nitrogens with zero attached hydrogens (tertiary/aromatic N) is 3. The number of hydrogen-bond acceptors (Lipinski definition) is 7. The third-order valence-electron chi connectivity index (χ3n) is 5.93. The number of hydrogen-bond donors (Lipinski definition) is 2. The zero-order chi connectivity index (χ0) is 22.3. The minimum absolute atomic E-state index is 0.0915. The molecule has 4 heterocycles. The van der Waals surface area contributed by atoms with E-state index < -0.39 is 24.0 Å². The highest BCUT2D eigenvalue weighted by Gasteiger charge is 2.51. The van der Waals surface area contributed by atoms with E-state index in [0.29, 0.717) is 49.4 Å². The first-order valence-corrected chi connectivity index (χ1v) is 11.1. The van der Waals surface area contributed by atoms with Gasteiger partial charge < -0.3 is 25.4 Å². The number of carboxylic acid groups (broad SMARTS) is 1. The Hall–Kier alpha value is -2.79. The number of fused-ring (bicyclic) bond motifs is 1. The molecule has 0 aromatic carbocycles. The topological polar surface area (TPSA) is 133 Å². The van der Waals surface area contributed by atoms with Crippen molar-refractivity contribution in [2.75, 3.05) is 32.0 Å².